The van der Waals surface area contributed by atoms with Gasteiger partial charge in [0.15, 0.2) is 0 Å². The second-order valence-electron chi connectivity index (χ2n) is 24.8. The normalized spacial score (nSPS) is 14.9. The van der Waals surface area contributed by atoms with Crippen LogP contribution in [0.25, 0.3) is 33.4 Å². The molecular formula is C74H67N4OPtSi-3. The number of pyridine rings is 1. The SMILES string of the molecule is [2H]c1c([2H])c([2H])c(-c2cccc(-c3cc(C(C)(C)C)cc(C(C)(C)C)c3)c2N2[CH-]N(c3[c-]c(Oc4[c-]c5c(cc4)[Si]4(c6ccc(C)cc6-c6cc(C)ccc64)c4ccccc4N5c4cc(C(C)(C)C)ccn4)ccc3)c3ccccc32)c([2H])c1[2H].[Pt]. The standard InChI is InChI=1S/C74H67N4OSi.Pt/c1-48-31-34-66-60(39-48)61-40-49(2)32-35-67(61)80(66)68-30-18-17-29-64(68)78(70-44-52(37-38-75-70)72(3,4)5)65-46-57(33-36-69(65)80)79-56-24-19-23-55(45-56)76-47-77(63-28-16-15-27-62(63)76)71-58(50-21-13-12-14-22-50)25-20-26-59(71)51-41-53(73(6,7)8)43-54(42-51)74(9,10)11;/h12-44,47H,1-11H3;/q-3;/i12D,13D,14D,21D,22D;. The fourth-order valence-electron chi connectivity index (χ4n) is 12.1. The van der Waals surface area contributed by atoms with Crippen LogP contribution in [0.2, 0.25) is 0 Å². The molecular weight excluding hydrogens is 1180 g/mol. The van der Waals surface area contributed by atoms with E-state index in [0.717, 1.165) is 50.8 Å². The monoisotopic (exact) mass is 1260 g/mol. The van der Waals surface area contributed by atoms with E-state index >= 15 is 0 Å². The van der Waals surface area contributed by atoms with Gasteiger partial charge in [0.05, 0.1) is 6.85 Å². The first-order chi connectivity index (χ1) is 40.4. The summed E-state index contributed by atoms with van der Waals surface area (Å²) in [7, 11) is -3.00. The van der Waals surface area contributed by atoms with E-state index < -0.39 is 26.2 Å². The molecule has 5 nitrogen and oxygen atoms in total. The molecule has 0 radical (unpaired) electrons. The van der Waals surface area contributed by atoms with Gasteiger partial charge in [-0.25, -0.2) is 4.98 Å². The molecule has 0 saturated heterocycles. The van der Waals surface area contributed by atoms with Crippen molar-refractivity contribution in [2.75, 3.05) is 14.7 Å². The van der Waals surface area contributed by atoms with Crippen molar-refractivity contribution in [3.63, 3.8) is 0 Å². The van der Waals surface area contributed by atoms with Crippen LogP contribution in [0.15, 0.2) is 200 Å². The second-order valence-corrected chi connectivity index (χ2v) is 28.4. The van der Waals surface area contributed by atoms with Gasteiger partial charge in [-0.05, 0) is 115 Å². The van der Waals surface area contributed by atoms with Gasteiger partial charge in [0, 0.05) is 72.6 Å². The Balaban J connectivity index is 0.00000724. The first-order valence-electron chi connectivity index (χ1n) is 30.2. The van der Waals surface area contributed by atoms with Crippen molar-refractivity contribution in [2.45, 2.75) is 92.4 Å². The average Bonchev–Trinajstić information content (AvgIpc) is 1.43. The van der Waals surface area contributed by atoms with Gasteiger partial charge in [0.25, 0.3) is 0 Å². The van der Waals surface area contributed by atoms with Gasteiger partial charge in [-0.3, -0.25) is 0 Å². The van der Waals surface area contributed by atoms with E-state index in [0.29, 0.717) is 28.4 Å². The summed E-state index contributed by atoms with van der Waals surface area (Å²) in [6.07, 6.45) is 1.92. The molecule has 1 aromatic heterocycles. The van der Waals surface area contributed by atoms with E-state index in [1.165, 1.54) is 48.6 Å². The largest absolute Gasteiger partial charge is 0.509 e. The molecule has 4 heterocycles. The summed E-state index contributed by atoms with van der Waals surface area (Å²) in [6, 6.07) is 64.0. The third-order valence-corrected chi connectivity index (χ3v) is 21.2. The van der Waals surface area contributed by atoms with Crippen molar-refractivity contribution in [3.05, 3.63) is 247 Å². The number of hydrogen-bond donors (Lipinski definition) is 0. The van der Waals surface area contributed by atoms with E-state index in [1.54, 1.807) is 0 Å². The number of hydrogen-bond acceptors (Lipinski definition) is 5. The van der Waals surface area contributed by atoms with Crippen molar-refractivity contribution < 1.29 is 32.7 Å². The zero-order chi connectivity index (χ0) is 59.8. The van der Waals surface area contributed by atoms with Crippen LogP contribution >= 0.6 is 0 Å². The molecule has 1 spiro atoms. The third kappa shape index (κ3) is 9.16. The first-order valence-corrected chi connectivity index (χ1v) is 29.7. The van der Waals surface area contributed by atoms with Crippen molar-refractivity contribution in [1.29, 1.82) is 0 Å². The molecule has 10 aromatic rings. The van der Waals surface area contributed by atoms with E-state index in [9.17, 15) is 2.74 Å². The van der Waals surface area contributed by atoms with Crippen molar-refractivity contribution in [2.24, 2.45) is 0 Å². The molecule has 0 N–H and O–H groups in total. The Morgan fingerprint density at radius 1 is 0.494 bits per heavy atom. The number of anilines is 7. The summed E-state index contributed by atoms with van der Waals surface area (Å²) in [5.74, 6) is 1.81. The topological polar surface area (TPSA) is 31.8 Å². The van der Waals surface area contributed by atoms with Gasteiger partial charge in [-0.15, -0.1) is 47.9 Å². The van der Waals surface area contributed by atoms with Crippen LogP contribution in [0.3, 0.4) is 0 Å². The van der Waals surface area contributed by atoms with Crippen LogP contribution in [0.4, 0.5) is 39.9 Å². The quantitative estimate of drug-likeness (QED) is 0.117. The molecule has 0 fully saturated rings. The number of nitrogens with zero attached hydrogens (tertiary/aromatic N) is 4. The Kier molecular flexibility index (Phi) is 11.9. The maximum Gasteiger partial charge on any atom is 0.135 e. The Labute approximate surface area is 502 Å². The smallest absolute Gasteiger partial charge is 0.135 e. The Bertz CT molecular complexity index is 4300. The second kappa shape index (κ2) is 20.0. The van der Waals surface area contributed by atoms with Gasteiger partial charge >= 0.3 is 0 Å². The van der Waals surface area contributed by atoms with E-state index in [2.05, 4.69) is 224 Å². The summed E-state index contributed by atoms with van der Waals surface area (Å²) in [4.78, 5) is 11.6. The fraction of sp³-hybridized carbons (Fsp3) is 0.189. The first kappa shape index (κ1) is 48.0. The molecule has 0 aliphatic carbocycles. The van der Waals surface area contributed by atoms with Crippen molar-refractivity contribution >= 4 is 68.8 Å². The van der Waals surface area contributed by atoms with Crippen molar-refractivity contribution in [3.8, 4) is 44.9 Å². The predicted molar refractivity (Wildman–Crippen MR) is 337 cm³/mol. The van der Waals surface area contributed by atoms with E-state index in [-0.39, 0.29) is 55.0 Å². The van der Waals surface area contributed by atoms with Crippen LogP contribution in [0.5, 0.6) is 11.5 Å². The predicted octanol–water partition coefficient (Wildman–Crippen LogP) is 16.9. The zero-order valence-electron chi connectivity index (χ0n) is 52.8. The third-order valence-electron chi connectivity index (χ3n) is 16.3. The van der Waals surface area contributed by atoms with Crippen LogP contribution in [0, 0.1) is 32.6 Å². The fourth-order valence-corrected chi connectivity index (χ4v) is 17.6. The molecule has 0 atom stereocenters. The molecule has 3 aliphatic rings. The maximum atomic E-state index is 9.33. The Hall–Kier alpha value is -7.76. The molecule has 0 bridgehead atoms. The summed E-state index contributed by atoms with van der Waals surface area (Å²) in [5, 5.41) is 5.23. The summed E-state index contributed by atoms with van der Waals surface area (Å²) >= 11 is 0. The number of fused-ring (bicyclic) bond motifs is 10. The Morgan fingerprint density at radius 3 is 1.70 bits per heavy atom. The number of rotatable bonds is 7. The van der Waals surface area contributed by atoms with Crippen LogP contribution in [-0.4, -0.2) is 13.1 Å². The summed E-state index contributed by atoms with van der Waals surface area (Å²) in [5.41, 5.74) is 15.4. The minimum Gasteiger partial charge on any atom is -0.509 e. The van der Waals surface area contributed by atoms with Gasteiger partial charge in [0.1, 0.15) is 13.9 Å². The Morgan fingerprint density at radius 2 is 1.06 bits per heavy atom. The van der Waals surface area contributed by atoms with Crippen LogP contribution < -0.4 is 40.2 Å². The van der Waals surface area contributed by atoms with E-state index in [1.807, 2.05) is 55.3 Å². The van der Waals surface area contributed by atoms with Crippen molar-refractivity contribution in [1.82, 2.24) is 4.98 Å². The minimum absolute atomic E-state index is 0. The van der Waals surface area contributed by atoms with Gasteiger partial charge in [-0.1, -0.05) is 212 Å². The average molecular weight is 1260 g/mol. The van der Waals surface area contributed by atoms with Gasteiger partial charge in [-0.2, -0.15) is 12.1 Å². The molecule has 7 heteroatoms. The van der Waals surface area contributed by atoms with Gasteiger partial charge < -0.3 is 19.4 Å². The number of aryl methyl sites for hydroxylation is 2. The molecule has 81 heavy (non-hydrogen) atoms. The molecule has 0 amide bonds. The zero-order valence-corrected chi connectivity index (χ0v) is 51.0. The molecule has 9 aromatic carbocycles. The number of benzene rings is 9. The number of ether oxygens (including phenoxy) is 1. The van der Waals surface area contributed by atoms with Crippen LogP contribution in [0.1, 0.15) is 97.0 Å². The van der Waals surface area contributed by atoms with Gasteiger partial charge in [0.2, 0.25) is 0 Å². The van der Waals surface area contributed by atoms with Crippen LogP contribution in [-0.2, 0) is 37.3 Å². The number of aromatic nitrogens is 1. The van der Waals surface area contributed by atoms with E-state index in [4.69, 9.17) is 13.8 Å². The summed E-state index contributed by atoms with van der Waals surface area (Å²) in [6.45, 7) is 26.4. The molecule has 406 valence electrons. The molecule has 3 aliphatic heterocycles. The molecule has 13 rings (SSSR count). The minimum atomic E-state index is -3.00. The summed E-state index contributed by atoms with van der Waals surface area (Å²) < 4.78 is 51.9. The molecule has 0 saturated carbocycles. The molecule has 0 unspecified atom stereocenters. The maximum absolute atomic E-state index is 9.33. The number of para-hydroxylation sites is 4.